The highest BCUT2D eigenvalue weighted by atomic mass is 79.9. The molecular formula is C21H15Br2N3S. The lowest BCUT2D eigenvalue weighted by Gasteiger charge is -2.29. The van der Waals surface area contributed by atoms with Gasteiger partial charge in [0.05, 0.1) is 33.0 Å². The average Bonchev–Trinajstić information content (AvgIpc) is 3.27. The van der Waals surface area contributed by atoms with Gasteiger partial charge < -0.3 is 0 Å². The Hall–Kier alpha value is -1.89. The number of rotatable bonds is 3. The predicted molar refractivity (Wildman–Crippen MR) is 122 cm³/mol. The zero-order valence-electron chi connectivity index (χ0n) is 14.2. The molecule has 0 bridgehead atoms. The van der Waals surface area contributed by atoms with E-state index in [0.29, 0.717) is 0 Å². The van der Waals surface area contributed by atoms with Gasteiger partial charge in [0.15, 0.2) is 0 Å². The molecule has 0 spiro atoms. The highest BCUT2D eigenvalue weighted by molar-refractivity contribution is 9.10. The van der Waals surface area contributed by atoms with E-state index in [1.165, 1.54) is 21.7 Å². The van der Waals surface area contributed by atoms with Crippen LogP contribution in [0.15, 0.2) is 88.2 Å². The molecule has 2 aliphatic rings. The minimum Gasteiger partial charge on any atom is -0.294 e. The molecule has 3 heterocycles. The number of halogens is 2. The van der Waals surface area contributed by atoms with Gasteiger partial charge in [-0.2, -0.15) is 0 Å². The molecule has 0 atom stereocenters. The fourth-order valence-corrected chi connectivity index (χ4v) is 5.62. The number of nitrogens with zero attached hydrogens (tertiary/aromatic N) is 2. The number of anilines is 1. The fourth-order valence-electron chi connectivity index (χ4n) is 3.35. The second-order valence-electron chi connectivity index (χ2n) is 6.36. The maximum Gasteiger partial charge on any atom is 0.0728 e. The van der Waals surface area contributed by atoms with E-state index < -0.39 is 0 Å². The van der Waals surface area contributed by atoms with E-state index in [1.54, 1.807) is 0 Å². The van der Waals surface area contributed by atoms with Gasteiger partial charge >= 0.3 is 0 Å². The van der Waals surface area contributed by atoms with Crippen molar-refractivity contribution in [2.75, 3.05) is 11.2 Å². The third-order valence-electron chi connectivity index (χ3n) is 4.65. The normalized spacial score (nSPS) is 16.1. The lowest BCUT2D eigenvalue weighted by molar-refractivity contribution is 0.572. The van der Waals surface area contributed by atoms with Crippen LogP contribution in [0.1, 0.15) is 5.56 Å². The van der Waals surface area contributed by atoms with Crippen LogP contribution < -0.4 is 5.43 Å². The Kier molecular flexibility index (Phi) is 4.42. The summed E-state index contributed by atoms with van der Waals surface area (Å²) in [6, 6.07) is 16.9. The van der Waals surface area contributed by atoms with E-state index in [-0.39, 0.29) is 0 Å². The van der Waals surface area contributed by atoms with Gasteiger partial charge in [-0.05, 0) is 51.8 Å². The van der Waals surface area contributed by atoms with Crippen LogP contribution in [0.4, 0.5) is 5.69 Å². The SMILES string of the molecule is Brc1cn(Br)c2ccc(NN3C=C(c4ccccc4)C=C4SCC=C43)cc12. The fraction of sp³-hybridized carbons (Fsp3) is 0.0476. The van der Waals surface area contributed by atoms with Gasteiger partial charge in [-0.3, -0.25) is 14.0 Å². The van der Waals surface area contributed by atoms with Gasteiger partial charge in [0.1, 0.15) is 0 Å². The third kappa shape index (κ3) is 3.16. The van der Waals surface area contributed by atoms with Crippen LogP contribution in [-0.2, 0) is 0 Å². The Morgan fingerprint density at radius 2 is 1.93 bits per heavy atom. The number of thioether (sulfide) groups is 1. The minimum atomic E-state index is 1.01. The van der Waals surface area contributed by atoms with E-state index >= 15 is 0 Å². The van der Waals surface area contributed by atoms with Gasteiger partial charge in [0, 0.05) is 38.5 Å². The van der Waals surface area contributed by atoms with Crippen LogP contribution in [0.5, 0.6) is 0 Å². The number of nitrogens with one attached hydrogen (secondary N) is 1. The molecule has 0 unspecified atom stereocenters. The summed E-state index contributed by atoms with van der Waals surface area (Å²) in [5.41, 5.74) is 9.39. The molecule has 2 aromatic carbocycles. The Morgan fingerprint density at radius 1 is 1.07 bits per heavy atom. The summed E-state index contributed by atoms with van der Waals surface area (Å²) in [5.74, 6) is 1.01. The zero-order chi connectivity index (χ0) is 18.4. The van der Waals surface area contributed by atoms with Crippen LogP contribution in [0.2, 0.25) is 0 Å². The van der Waals surface area contributed by atoms with E-state index in [4.69, 9.17) is 0 Å². The van der Waals surface area contributed by atoms with Crippen LogP contribution >= 0.6 is 43.8 Å². The average molecular weight is 501 g/mol. The predicted octanol–water partition coefficient (Wildman–Crippen LogP) is 6.76. The highest BCUT2D eigenvalue weighted by Crippen LogP contribution is 2.40. The van der Waals surface area contributed by atoms with Crippen molar-refractivity contribution in [3.8, 4) is 0 Å². The number of hydrazine groups is 1. The molecule has 3 nitrogen and oxygen atoms in total. The van der Waals surface area contributed by atoms with Crippen LogP contribution in [0.25, 0.3) is 16.5 Å². The van der Waals surface area contributed by atoms with Crippen molar-refractivity contribution in [3.05, 3.63) is 93.7 Å². The molecule has 0 saturated carbocycles. The second kappa shape index (κ2) is 6.93. The van der Waals surface area contributed by atoms with Crippen molar-refractivity contribution < 1.29 is 0 Å². The Labute approximate surface area is 178 Å². The largest absolute Gasteiger partial charge is 0.294 e. The first-order valence-corrected chi connectivity index (χ1v) is 11.0. The molecular weight excluding hydrogens is 486 g/mol. The summed E-state index contributed by atoms with van der Waals surface area (Å²) in [4.78, 5) is 1.30. The topological polar surface area (TPSA) is 20.2 Å². The van der Waals surface area contributed by atoms with Gasteiger partial charge in [0.25, 0.3) is 0 Å². The second-order valence-corrected chi connectivity index (χ2v) is 9.04. The van der Waals surface area contributed by atoms with Gasteiger partial charge in [-0.15, -0.1) is 11.8 Å². The summed E-state index contributed by atoms with van der Waals surface area (Å²) in [6.45, 7) is 0. The zero-order valence-corrected chi connectivity index (χ0v) is 18.2. The van der Waals surface area contributed by atoms with E-state index in [0.717, 1.165) is 26.8 Å². The van der Waals surface area contributed by atoms with E-state index in [2.05, 4.69) is 109 Å². The lowest BCUT2D eigenvalue weighted by Crippen LogP contribution is -2.25. The maximum absolute atomic E-state index is 3.63. The molecule has 0 amide bonds. The minimum absolute atomic E-state index is 1.01. The molecule has 27 heavy (non-hydrogen) atoms. The number of fused-ring (bicyclic) bond motifs is 2. The van der Waals surface area contributed by atoms with Crippen molar-refractivity contribution in [3.63, 3.8) is 0 Å². The summed E-state index contributed by atoms with van der Waals surface area (Å²) < 4.78 is 3.01. The number of benzene rings is 2. The molecule has 0 saturated heterocycles. The Morgan fingerprint density at radius 3 is 2.78 bits per heavy atom. The number of allylic oxidation sites excluding steroid dienone is 2. The standard InChI is InChI=1S/C21H15Br2N3S/c22-18-13-25(23)19-7-6-16(11-17(18)19)24-26-12-15(14-4-2-1-3-5-14)10-21-20(26)8-9-27-21/h1-8,10-13,24H,9H2. The van der Waals surface area contributed by atoms with Crippen molar-refractivity contribution in [2.24, 2.45) is 0 Å². The maximum atomic E-state index is 3.63. The monoisotopic (exact) mass is 499 g/mol. The van der Waals surface area contributed by atoms with Crippen molar-refractivity contribution in [1.29, 1.82) is 0 Å². The molecule has 1 aromatic heterocycles. The molecule has 2 aliphatic heterocycles. The molecule has 6 heteroatoms. The summed E-state index contributed by atoms with van der Waals surface area (Å²) in [5, 5.41) is 3.30. The first-order valence-electron chi connectivity index (χ1n) is 8.54. The Bertz CT molecular complexity index is 1130. The van der Waals surface area contributed by atoms with E-state index in [9.17, 15) is 0 Å². The first kappa shape index (κ1) is 17.2. The van der Waals surface area contributed by atoms with Crippen molar-refractivity contribution in [2.45, 2.75) is 0 Å². The van der Waals surface area contributed by atoms with Crippen molar-refractivity contribution >= 4 is 66.0 Å². The molecule has 1 N–H and O–H groups in total. The van der Waals surface area contributed by atoms with Crippen LogP contribution in [0, 0.1) is 0 Å². The Balaban J connectivity index is 1.52. The highest BCUT2D eigenvalue weighted by Gasteiger charge is 2.23. The first-order chi connectivity index (χ1) is 13.2. The third-order valence-corrected chi connectivity index (χ3v) is 6.84. The number of aromatic nitrogens is 1. The number of hydrogen-bond acceptors (Lipinski definition) is 3. The summed E-state index contributed by atoms with van der Waals surface area (Å²) >= 11 is 9.05. The van der Waals surface area contributed by atoms with Gasteiger partial charge in [-0.25, -0.2) is 0 Å². The molecule has 134 valence electrons. The van der Waals surface area contributed by atoms with Crippen molar-refractivity contribution in [1.82, 2.24) is 8.60 Å². The quantitative estimate of drug-likeness (QED) is 0.429. The smallest absolute Gasteiger partial charge is 0.0728 e. The lowest BCUT2D eigenvalue weighted by atomic mass is 10.0. The van der Waals surface area contributed by atoms with Crippen LogP contribution in [0.3, 0.4) is 0 Å². The molecule has 5 rings (SSSR count). The summed E-state index contributed by atoms with van der Waals surface area (Å²) in [7, 11) is 0. The van der Waals surface area contributed by atoms with E-state index in [1.807, 2.05) is 21.6 Å². The summed E-state index contributed by atoms with van der Waals surface area (Å²) in [6.07, 6.45) is 8.73. The number of hydrogen-bond donors (Lipinski definition) is 1. The van der Waals surface area contributed by atoms with Crippen LogP contribution in [-0.4, -0.2) is 14.4 Å². The molecule has 0 radical (unpaired) electrons. The molecule has 0 fully saturated rings. The van der Waals surface area contributed by atoms with Gasteiger partial charge in [-0.1, -0.05) is 30.3 Å². The molecule has 0 aliphatic carbocycles. The molecule has 3 aromatic rings. The van der Waals surface area contributed by atoms with Gasteiger partial charge in [0.2, 0.25) is 0 Å².